The number of nitrogens with zero attached hydrogens (tertiary/aromatic N) is 4. The first-order valence-electron chi connectivity index (χ1n) is 7.01. The van der Waals surface area contributed by atoms with Gasteiger partial charge in [-0.2, -0.15) is 5.10 Å². The molecule has 2 N–H and O–H groups in total. The molecule has 3 heterocycles. The van der Waals surface area contributed by atoms with Crippen LogP contribution in [0.3, 0.4) is 0 Å². The van der Waals surface area contributed by atoms with Crippen LogP contribution in [0.4, 0.5) is 5.82 Å². The van der Waals surface area contributed by atoms with Crippen LogP contribution >= 0.6 is 0 Å². The van der Waals surface area contributed by atoms with Crippen LogP contribution in [0.5, 0.6) is 0 Å². The number of piperidine rings is 1. The number of H-pyrrole nitrogens is 1. The molecule has 0 unspecified atom stereocenters. The van der Waals surface area contributed by atoms with Gasteiger partial charge in [0, 0.05) is 19.6 Å². The second-order valence-corrected chi connectivity index (χ2v) is 6.04. The molecule has 0 aliphatic carbocycles. The molecule has 0 saturated carbocycles. The third-order valence-corrected chi connectivity index (χ3v) is 4.41. The van der Waals surface area contributed by atoms with E-state index in [4.69, 9.17) is 0 Å². The van der Waals surface area contributed by atoms with E-state index in [-0.39, 0.29) is 0 Å². The highest BCUT2D eigenvalue weighted by atomic mass is 32.2. The van der Waals surface area contributed by atoms with E-state index in [1.807, 2.05) is 0 Å². The number of aromatic nitrogens is 4. The van der Waals surface area contributed by atoms with Gasteiger partial charge in [0.1, 0.15) is 17.4 Å². The Labute approximate surface area is 124 Å². The molecule has 0 aromatic carbocycles. The number of anilines is 1. The molecule has 114 valence electrons. The Morgan fingerprint density at radius 1 is 1.33 bits per heavy atom. The number of rotatable bonds is 5. The van der Waals surface area contributed by atoms with Crippen LogP contribution in [0.25, 0.3) is 11.0 Å². The summed E-state index contributed by atoms with van der Waals surface area (Å²) in [5.41, 5.74) is 1.70. The molecule has 1 fully saturated rings. The minimum Gasteiger partial charge on any atom is -0.355 e. The molecular weight excluding hydrogens is 292 g/mol. The molecule has 1 saturated heterocycles. The van der Waals surface area contributed by atoms with Crippen molar-refractivity contribution in [3.8, 4) is 0 Å². The zero-order chi connectivity index (χ0) is 14.7. The van der Waals surface area contributed by atoms with E-state index in [2.05, 4.69) is 29.8 Å². The zero-order valence-corrected chi connectivity index (χ0v) is 12.4. The topological polar surface area (TPSA) is 104 Å². The van der Waals surface area contributed by atoms with Gasteiger partial charge >= 0.3 is 0 Å². The summed E-state index contributed by atoms with van der Waals surface area (Å²) in [7, 11) is -2.48. The van der Waals surface area contributed by atoms with Crippen LogP contribution in [0.2, 0.25) is 0 Å². The van der Waals surface area contributed by atoms with Crippen molar-refractivity contribution in [3.05, 3.63) is 12.5 Å². The summed E-state index contributed by atoms with van der Waals surface area (Å²) in [5, 5.41) is 6.96. The number of fused-ring (bicyclic) bond motifs is 1. The summed E-state index contributed by atoms with van der Waals surface area (Å²) >= 11 is 0. The predicted molar refractivity (Wildman–Crippen MR) is 79.6 cm³/mol. The van der Waals surface area contributed by atoms with Gasteiger partial charge in [-0.25, -0.2) is 23.1 Å². The van der Waals surface area contributed by atoms with Crippen molar-refractivity contribution in [3.63, 3.8) is 0 Å². The Balaban J connectivity index is 1.59. The van der Waals surface area contributed by atoms with Gasteiger partial charge in [-0.15, -0.1) is 0 Å². The lowest BCUT2D eigenvalue weighted by atomic mass is 9.93. The minimum atomic E-state index is -2.48. The van der Waals surface area contributed by atoms with Crippen molar-refractivity contribution in [2.24, 2.45) is 5.92 Å². The van der Waals surface area contributed by atoms with E-state index in [1.54, 1.807) is 12.5 Å². The van der Waals surface area contributed by atoms with Crippen molar-refractivity contribution >= 4 is 27.7 Å². The molecule has 3 rings (SSSR count). The number of thiol groups is 1. The van der Waals surface area contributed by atoms with Gasteiger partial charge < -0.3 is 4.90 Å². The van der Waals surface area contributed by atoms with E-state index in [9.17, 15) is 8.42 Å². The first kappa shape index (κ1) is 14.2. The van der Waals surface area contributed by atoms with Crippen LogP contribution in [0.1, 0.15) is 19.3 Å². The summed E-state index contributed by atoms with van der Waals surface area (Å²) in [6, 6.07) is 0. The maximum absolute atomic E-state index is 10.5. The second-order valence-electron chi connectivity index (χ2n) is 5.21. The average molecular weight is 310 g/mol. The zero-order valence-electron chi connectivity index (χ0n) is 11.5. The van der Waals surface area contributed by atoms with Gasteiger partial charge in [0.15, 0.2) is 5.82 Å². The summed E-state index contributed by atoms with van der Waals surface area (Å²) in [6.07, 6.45) is 6.23. The Morgan fingerprint density at radius 3 is 2.90 bits per heavy atom. The van der Waals surface area contributed by atoms with Crippen molar-refractivity contribution < 1.29 is 8.42 Å². The van der Waals surface area contributed by atoms with Crippen molar-refractivity contribution in [1.29, 1.82) is 0 Å². The Morgan fingerprint density at radius 2 is 2.14 bits per heavy atom. The molecule has 2 aromatic heterocycles. The van der Waals surface area contributed by atoms with Crippen LogP contribution in [-0.2, 0) is 10.9 Å². The van der Waals surface area contributed by atoms with Gasteiger partial charge in [-0.05, 0) is 25.2 Å². The Bertz CT molecular complexity index is 669. The summed E-state index contributed by atoms with van der Waals surface area (Å²) < 4.78 is 23.4. The third kappa shape index (κ3) is 3.30. The van der Waals surface area contributed by atoms with Crippen molar-refractivity contribution in [1.82, 2.24) is 24.9 Å². The number of aromatic amines is 1. The van der Waals surface area contributed by atoms with Gasteiger partial charge in [0.05, 0.1) is 6.20 Å². The quantitative estimate of drug-likeness (QED) is 0.676. The van der Waals surface area contributed by atoms with E-state index in [0.717, 1.165) is 49.2 Å². The minimum absolute atomic E-state index is 0.529. The molecule has 0 spiro atoms. The van der Waals surface area contributed by atoms with Crippen molar-refractivity contribution in [2.45, 2.75) is 19.3 Å². The molecule has 8 nitrogen and oxygen atoms in total. The first-order valence-corrected chi connectivity index (χ1v) is 8.18. The van der Waals surface area contributed by atoms with Crippen molar-refractivity contribution in [2.75, 3.05) is 24.5 Å². The highest BCUT2D eigenvalue weighted by Crippen LogP contribution is 2.26. The molecule has 0 radical (unpaired) electrons. The van der Waals surface area contributed by atoms with Gasteiger partial charge in [0.2, 0.25) is 10.9 Å². The smallest absolute Gasteiger partial charge is 0.201 e. The molecule has 9 heteroatoms. The fourth-order valence-corrected chi connectivity index (χ4v) is 3.10. The van der Waals surface area contributed by atoms with E-state index < -0.39 is 10.9 Å². The highest BCUT2D eigenvalue weighted by molar-refractivity contribution is 7.70. The van der Waals surface area contributed by atoms with E-state index >= 15 is 0 Å². The van der Waals surface area contributed by atoms with E-state index in [1.165, 1.54) is 0 Å². The van der Waals surface area contributed by atoms with Crippen LogP contribution in [-0.4, -0.2) is 48.2 Å². The van der Waals surface area contributed by atoms with E-state index in [0.29, 0.717) is 12.5 Å². The maximum Gasteiger partial charge on any atom is 0.201 e. The van der Waals surface area contributed by atoms with Crippen LogP contribution < -0.4 is 9.62 Å². The van der Waals surface area contributed by atoms with Crippen LogP contribution in [0.15, 0.2) is 12.5 Å². The molecule has 0 amide bonds. The largest absolute Gasteiger partial charge is 0.355 e. The highest BCUT2D eigenvalue weighted by Gasteiger charge is 2.21. The molecular formula is C12H18N6O2S. The fourth-order valence-electron chi connectivity index (χ4n) is 2.79. The lowest BCUT2D eigenvalue weighted by Gasteiger charge is -2.32. The standard InChI is InChI=1S/C12H18N6O2S/c19-21(20)16-4-1-9-2-5-18(6-3-9)12-11-10(7-15-17-11)13-8-14-12/h7-9,21H,1-6H2,(H,15,17)(H,16,19,20). The lowest BCUT2D eigenvalue weighted by Crippen LogP contribution is -2.35. The monoisotopic (exact) mass is 310 g/mol. The van der Waals surface area contributed by atoms with Gasteiger partial charge in [-0.3, -0.25) is 5.10 Å². The third-order valence-electron chi connectivity index (χ3n) is 3.93. The predicted octanol–water partition coefficient (Wildman–Crippen LogP) is 0.0754. The normalized spacial score (nSPS) is 16.9. The summed E-state index contributed by atoms with van der Waals surface area (Å²) in [4.78, 5) is 10.8. The molecule has 21 heavy (non-hydrogen) atoms. The molecule has 1 aliphatic rings. The summed E-state index contributed by atoms with van der Waals surface area (Å²) in [6.45, 7) is 2.36. The molecule has 2 aromatic rings. The molecule has 0 atom stereocenters. The average Bonchev–Trinajstić information content (AvgIpc) is 2.96. The van der Waals surface area contributed by atoms with Gasteiger partial charge in [0.25, 0.3) is 0 Å². The molecule has 0 bridgehead atoms. The maximum atomic E-state index is 10.5. The number of nitrogens with one attached hydrogen (secondary N) is 2. The Kier molecular flexibility index (Phi) is 4.30. The Hall–Kier alpha value is -1.74. The lowest BCUT2D eigenvalue weighted by molar-refractivity contribution is 0.381. The molecule has 1 aliphatic heterocycles. The summed E-state index contributed by atoms with van der Waals surface area (Å²) in [5.74, 6) is 1.46. The SMILES string of the molecule is O=[SH](=O)NCCC1CCN(c2ncnc3cn[nH]c23)CC1. The second kappa shape index (κ2) is 6.35. The number of hydrogen-bond donors (Lipinski definition) is 3. The van der Waals surface area contributed by atoms with Gasteiger partial charge in [-0.1, -0.05) is 0 Å². The first-order chi connectivity index (χ1) is 10.2. The number of hydrogen-bond acceptors (Lipinski definition) is 6. The fraction of sp³-hybridized carbons (Fsp3) is 0.583. The van der Waals surface area contributed by atoms with Crippen LogP contribution in [0, 0.1) is 5.92 Å².